The van der Waals surface area contributed by atoms with Gasteiger partial charge in [0, 0.05) is 6.04 Å². The molecule has 0 unspecified atom stereocenters. The Morgan fingerprint density at radius 3 is 2.18 bits per heavy atom. The van der Waals surface area contributed by atoms with Gasteiger partial charge in [-0.3, -0.25) is 0 Å². The molecular weight excluding hydrogens is 294 g/mol. The Morgan fingerprint density at radius 1 is 0.955 bits per heavy atom. The highest BCUT2D eigenvalue weighted by Crippen LogP contribution is 2.20. The maximum Gasteiger partial charge on any atom is 0.216 e. The molecule has 0 fully saturated rings. The molecule has 4 heteroatoms. The largest absolute Gasteiger partial charge is 0.216 e. The van der Waals surface area contributed by atoms with E-state index in [1.165, 1.54) is 0 Å². The molecule has 0 spiro atoms. The Bertz CT molecular complexity index is 749. The molecule has 0 heterocycles. The van der Waals surface area contributed by atoms with Gasteiger partial charge in [0.2, 0.25) is 10.0 Å². The van der Waals surface area contributed by atoms with E-state index in [9.17, 15) is 8.42 Å². The van der Waals surface area contributed by atoms with Crippen LogP contribution >= 0.6 is 0 Å². The molecule has 0 saturated heterocycles. The van der Waals surface area contributed by atoms with Gasteiger partial charge in [-0.25, -0.2) is 13.1 Å². The fraction of sp³-hybridized carbons (Fsp3) is 0.333. The summed E-state index contributed by atoms with van der Waals surface area (Å²) >= 11 is 0. The third kappa shape index (κ3) is 4.42. The van der Waals surface area contributed by atoms with Crippen molar-refractivity contribution in [3.05, 3.63) is 70.3 Å². The highest BCUT2D eigenvalue weighted by atomic mass is 32.2. The van der Waals surface area contributed by atoms with Crippen LogP contribution in [0.3, 0.4) is 0 Å². The zero-order valence-corrected chi connectivity index (χ0v) is 14.4. The molecule has 0 saturated carbocycles. The Kier molecular flexibility index (Phi) is 5.04. The lowest BCUT2D eigenvalue weighted by molar-refractivity contribution is 0.565. The Hall–Kier alpha value is -1.65. The van der Waals surface area contributed by atoms with E-state index < -0.39 is 10.0 Å². The summed E-state index contributed by atoms with van der Waals surface area (Å²) in [6.07, 6.45) is 0. The molecule has 0 aliphatic rings. The van der Waals surface area contributed by atoms with E-state index >= 15 is 0 Å². The van der Waals surface area contributed by atoms with Gasteiger partial charge in [-0.15, -0.1) is 0 Å². The van der Waals surface area contributed by atoms with Crippen molar-refractivity contribution in [2.45, 2.75) is 39.5 Å². The van der Waals surface area contributed by atoms with Gasteiger partial charge < -0.3 is 0 Å². The minimum Gasteiger partial charge on any atom is -0.212 e. The second-order valence-corrected chi connectivity index (χ2v) is 7.70. The number of aryl methyl sites for hydroxylation is 3. The summed E-state index contributed by atoms with van der Waals surface area (Å²) in [5, 5.41) is 0. The number of rotatable bonds is 5. The van der Waals surface area contributed by atoms with Gasteiger partial charge in [-0.05, 0) is 44.4 Å². The van der Waals surface area contributed by atoms with Crippen LogP contribution in [0.25, 0.3) is 0 Å². The van der Waals surface area contributed by atoms with Crippen LogP contribution in [-0.2, 0) is 15.8 Å². The molecule has 118 valence electrons. The van der Waals surface area contributed by atoms with E-state index in [2.05, 4.69) is 4.72 Å². The fourth-order valence-electron chi connectivity index (χ4n) is 2.50. The van der Waals surface area contributed by atoms with Crippen LogP contribution in [0, 0.1) is 20.8 Å². The van der Waals surface area contributed by atoms with E-state index in [0.717, 1.165) is 27.8 Å². The molecule has 0 radical (unpaired) electrons. The molecule has 0 aliphatic carbocycles. The summed E-state index contributed by atoms with van der Waals surface area (Å²) in [4.78, 5) is 0. The van der Waals surface area contributed by atoms with Crippen LogP contribution < -0.4 is 4.72 Å². The van der Waals surface area contributed by atoms with Crippen LogP contribution in [0.1, 0.15) is 40.8 Å². The number of hydrogen-bond donors (Lipinski definition) is 1. The Balaban J connectivity index is 2.14. The summed E-state index contributed by atoms with van der Waals surface area (Å²) < 4.78 is 27.5. The lowest BCUT2D eigenvalue weighted by atomic mass is 10.0. The first kappa shape index (κ1) is 16.7. The minimum atomic E-state index is -3.37. The summed E-state index contributed by atoms with van der Waals surface area (Å²) in [6.45, 7) is 7.88. The van der Waals surface area contributed by atoms with Gasteiger partial charge >= 0.3 is 0 Å². The Morgan fingerprint density at radius 2 is 1.55 bits per heavy atom. The van der Waals surface area contributed by atoms with Gasteiger partial charge in [0.1, 0.15) is 0 Å². The predicted octanol–water partition coefficient (Wildman–Crippen LogP) is 3.79. The molecule has 0 aromatic heterocycles. The van der Waals surface area contributed by atoms with Gasteiger partial charge in [-0.1, -0.05) is 53.6 Å². The van der Waals surface area contributed by atoms with Crippen molar-refractivity contribution in [1.82, 2.24) is 4.72 Å². The molecule has 0 amide bonds. The second-order valence-electron chi connectivity index (χ2n) is 5.94. The first-order chi connectivity index (χ1) is 10.3. The van der Waals surface area contributed by atoms with Crippen LogP contribution in [0.2, 0.25) is 0 Å². The molecule has 1 atom stereocenters. The summed E-state index contributed by atoms with van der Waals surface area (Å²) in [5.74, 6) is 0.00246. The van der Waals surface area contributed by atoms with Gasteiger partial charge in [0.05, 0.1) is 5.75 Å². The SMILES string of the molecule is Cc1ccc(CS(=O)(=O)N[C@@H](C)c2cc(C)ccc2C)cc1. The number of sulfonamides is 1. The first-order valence-electron chi connectivity index (χ1n) is 7.39. The molecule has 2 aromatic carbocycles. The molecule has 0 bridgehead atoms. The monoisotopic (exact) mass is 317 g/mol. The van der Waals surface area contributed by atoms with Gasteiger partial charge in [0.25, 0.3) is 0 Å². The van der Waals surface area contributed by atoms with Crippen molar-refractivity contribution in [3.63, 3.8) is 0 Å². The van der Waals surface area contributed by atoms with Crippen molar-refractivity contribution in [3.8, 4) is 0 Å². The predicted molar refractivity (Wildman–Crippen MR) is 91.3 cm³/mol. The normalized spacial score (nSPS) is 13.1. The maximum atomic E-state index is 12.4. The van der Waals surface area contributed by atoms with E-state index in [1.807, 2.05) is 70.2 Å². The smallest absolute Gasteiger partial charge is 0.212 e. The van der Waals surface area contributed by atoms with Gasteiger partial charge in [0.15, 0.2) is 0 Å². The van der Waals surface area contributed by atoms with Crippen molar-refractivity contribution in [1.29, 1.82) is 0 Å². The molecular formula is C18H23NO2S. The highest BCUT2D eigenvalue weighted by molar-refractivity contribution is 7.88. The number of benzene rings is 2. The van der Waals surface area contributed by atoms with E-state index in [1.54, 1.807) is 0 Å². The van der Waals surface area contributed by atoms with Crippen molar-refractivity contribution in [2.24, 2.45) is 0 Å². The summed E-state index contributed by atoms with van der Waals surface area (Å²) in [7, 11) is -3.37. The zero-order chi connectivity index (χ0) is 16.3. The summed E-state index contributed by atoms with van der Waals surface area (Å²) in [5.41, 5.74) is 5.16. The van der Waals surface area contributed by atoms with Crippen molar-refractivity contribution in [2.75, 3.05) is 0 Å². The number of hydrogen-bond acceptors (Lipinski definition) is 2. The molecule has 3 nitrogen and oxygen atoms in total. The maximum absolute atomic E-state index is 12.4. The fourth-order valence-corrected chi connectivity index (χ4v) is 3.88. The molecule has 22 heavy (non-hydrogen) atoms. The molecule has 2 aromatic rings. The van der Waals surface area contributed by atoms with Crippen molar-refractivity contribution >= 4 is 10.0 Å². The second kappa shape index (κ2) is 6.63. The van der Waals surface area contributed by atoms with Crippen LogP contribution in [0.4, 0.5) is 0 Å². The topological polar surface area (TPSA) is 46.2 Å². The minimum absolute atomic E-state index is 0.00246. The molecule has 2 rings (SSSR count). The van der Waals surface area contributed by atoms with Crippen LogP contribution in [0.5, 0.6) is 0 Å². The third-order valence-corrected chi connectivity index (χ3v) is 5.16. The number of nitrogens with one attached hydrogen (secondary N) is 1. The standard InChI is InChI=1S/C18H23NO2S/c1-13-6-9-17(10-7-13)12-22(20,21)19-16(4)18-11-14(2)5-8-15(18)3/h5-11,16,19H,12H2,1-4H3/t16-/m0/s1. The summed E-state index contributed by atoms with van der Waals surface area (Å²) in [6, 6.07) is 13.4. The van der Waals surface area contributed by atoms with E-state index in [4.69, 9.17) is 0 Å². The van der Waals surface area contributed by atoms with E-state index in [0.29, 0.717) is 0 Å². The molecule has 0 aliphatic heterocycles. The van der Waals surface area contributed by atoms with Crippen LogP contribution in [-0.4, -0.2) is 8.42 Å². The lowest BCUT2D eigenvalue weighted by Gasteiger charge is -2.17. The Labute approximate surface area is 133 Å². The van der Waals surface area contributed by atoms with E-state index in [-0.39, 0.29) is 11.8 Å². The average Bonchev–Trinajstić information content (AvgIpc) is 2.43. The third-order valence-electron chi connectivity index (χ3n) is 3.73. The van der Waals surface area contributed by atoms with Crippen LogP contribution in [0.15, 0.2) is 42.5 Å². The zero-order valence-electron chi connectivity index (χ0n) is 13.6. The average molecular weight is 317 g/mol. The lowest BCUT2D eigenvalue weighted by Crippen LogP contribution is -2.28. The quantitative estimate of drug-likeness (QED) is 0.912. The molecule has 1 N–H and O–H groups in total. The van der Waals surface area contributed by atoms with Crippen molar-refractivity contribution < 1.29 is 8.42 Å². The first-order valence-corrected chi connectivity index (χ1v) is 9.05. The highest BCUT2D eigenvalue weighted by Gasteiger charge is 2.17. The van der Waals surface area contributed by atoms with Gasteiger partial charge in [-0.2, -0.15) is 0 Å².